The Kier molecular flexibility index (Phi) is 10.7. The fraction of sp³-hybridized carbons (Fsp3) is 0.360. The summed E-state index contributed by atoms with van der Waals surface area (Å²) in [6.45, 7) is 16.7. The SMILES string of the molecule is C=C(CC/C(C)=C/CCC)NC(=C)Nc1cccc(CC(/C=C\C)=C/C)c1. The van der Waals surface area contributed by atoms with Crippen molar-refractivity contribution in [1.29, 1.82) is 0 Å². The van der Waals surface area contributed by atoms with Crippen molar-refractivity contribution in [3.05, 3.63) is 90.0 Å². The Labute approximate surface area is 166 Å². The van der Waals surface area contributed by atoms with Crippen molar-refractivity contribution in [2.75, 3.05) is 5.32 Å². The van der Waals surface area contributed by atoms with Gasteiger partial charge in [0, 0.05) is 11.4 Å². The van der Waals surface area contributed by atoms with Gasteiger partial charge in [0.25, 0.3) is 0 Å². The van der Waals surface area contributed by atoms with Crippen LogP contribution in [0.3, 0.4) is 0 Å². The molecule has 2 N–H and O–H groups in total. The Morgan fingerprint density at radius 1 is 1.15 bits per heavy atom. The zero-order valence-electron chi connectivity index (χ0n) is 17.6. The molecule has 1 aromatic carbocycles. The van der Waals surface area contributed by atoms with Gasteiger partial charge in [-0.3, -0.25) is 0 Å². The van der Waals surface area contributed by atoms with E-state index in [4.69, 9.17) is 0 Å². The average molecular weight is 365 g/mol. The van der Waals surface area contributed by atoms with Gasteiger partial charge in [0.1, 0.15) is 0 Å². The van der Waals surface area contributed by atoms with Crippen molar-refractivity contribution in [3.8, 4) is 0 Å². The number of hydrogen-bond donors (Lipinski definition) is 2. The molecule has 0 heterocycles. The monoisotopic (exact) mass is 364 g/mol. The van der Waals surface area contributed by atoms with E-state index in [1.807, 2.05) is 6.92 Å². The zero-order chi connectivity index (χ0) is 20.1. The number of nitrogens with one attached hydrogen (secondary N) is 2. The Morgan fingerprint density at radius 3 is 2.59 bits per heavy atom. The summed E-state index contributed by atoms with van der Waals surface area (Å²) in [6.07, 6.45) is 13.9. The molecule has 146 valence electrons. The largest absolute Gasteiger partial charge is 0.346 e. The maximum absolute atomic E-state index is 4.12. The van der Waals surface area contributed by atoms with Gasteiger partial charge in [0.2, 0.25) is 0 Å². The van der Waals surface area contributed by atoms with E-state index in [9.17, 15) is 0 Å². The highest BCUT2D eigenvalue weighted by atomic mass is 15.1. The zero-order valence-corrected chi connectivity index (χ0v) is 17.6. The minimum Gasteiger partial charge on any atom is -0.346 e. The molecule has 1 rings (SSSR count). The van der Waals surface area contributed by atoms with E-state index < -0.39 is 0 Å². The molecule has 0 radical (unpaired) electrons. The lowest BCUT2D eigenvalue weighted by atomic mass is 10.0. The first-order chi connectivity index (χ1) is 13.0. The normalized spacial score (nSPS) is 12.3. The van der Waals surface area contributed by atoms with Gasteiger partial charge in [-0.05, 0) is 69.7 Å². The molecular weight excluding hydrogens is 328 g/mol. The van der Waals surface area contributed by atoms with Gasteiger partial charge in [0.15, 0.2) is 0 Å². The smallest absolute Gasteiger partial charge is 0.0999 e. The highest BCUT2D eigenvalue weighted by molar-refractivity contribution is 5.50. The molecule has 27 heavy (non-hydrogen) atoms. The van der Waals surface area contributed by atoms with Crippen LogP contribution in [0.5, 0.6) is 0 Å². The van der Waals surface area contributed by atoms with Gasteiger partial charge in [-0.1, -0.05) is 68.5 Å². The molecule has 0 amide bonds. The molecular formula is C25H36N2. The standard InChI is InChI=1S/C25H36N2/c1-7-10-13-20(4)16-17-21(5)26-22(6)27-25-15-11-14-24(19-25)18-23(9-3)12-8-2/h8-9,11-15,19,26-27H,5-7,10,16-18H2,1-4H3/b12-8-,20-13+,23-9+. The fourth-order valence-electron chi connectivity index (χ4n) is 2.79. The summed E-state index contributed by atoms with van der Waals surface area (Å²) >= 11 is 0. The van der Waals surface area contributed by atoms with E-state index in [1.165, 1.54) is 23.1 Å². The van der Waals surface area contributed by atoms with Crippen LogP contribution in [0.4, 0.5) is 5.69 Å². The van der Waals surface area contributed by atoms with Crippen molar-refractivity contribution in [3.63, 3.8) is 0 Å². The minimum atomic E-state index is 0.757. The molecule has 0 saturated carbocycles. The minimum absolute atomic E-state index is 0.757. The van der Waals surface area contributed by atoms with Gasteiger partial charge in [-0.25, -0.2) is 0 Å². The second kappa shape index (κ2) is 12.8. The van der Waals surface area contributed by atoms with Crippen molar-refractivity contribution >= 4 is 5.69 Å². The van der Waals surface area contributed by atoms with Crippen LogP contribution < -0.4 is 10.6 Å². The molecule has 1 aromatic rings. The fourth-order valence-corrected chi connectivity index (χ4v) is 2.79. The third kappa shape index (κ3) is 9.69. The highest BCUT2D eigenvalue weighted by Gasteiger charge is 2.02. The van der Waals surface area contributed by atoms with Gasteiger partial charge in [-0.2, -0.15) is 0 Å². The predicted molar refractivity (Wildman–Crippen MR) is 122 cm³/mol. The lowest BCUT2D eigenvalue weighted by Crippen LogP contribution is -2.17. The molecule has 0 fully saturated rings. The number of unbranched alkanes of at least 4 members (excludes halogenated alkanes) is 1. The summed E-state index contributed by atoms with van der Waals surface area (Å²) in [6, 6.07) is 8.45. The molecule has 0 unspecified atom stereocenters. The third-order valence-corrected chi connectivity index (χ3v) is 4.31. The molecule has 0 saturated heterocycles. The molecule has 0 aliphatic carbocycles. The maximum Gasteiger partial charge on any atom is 0.0999 e. The third-order valence-electron chi connectivity index (χ3n) is 4.31. The first-order valence-corrected chi connectivity index (χ1v) is 9.91. The van der Waals surface area contributed by atoms with E-state index in [0.29, 0.717) is 0 Å². The lowest BCUT2D eigenvalue weighted by molar-refractivity contribution is 0.826. The molecule has 0 aliphatic heterocycles. The van der Waals surface area contributed by atoms with Gasteiger partial charge < -0.3 is 10.6 Å². The average Bonchev–Trinajstić information content (AvgIpc) is 2.64. The van der Waals surface area contributed by atoms with Gasteiger partial charge in [-0.15, -0.1) is 0 Å². The first kappa shape index (κ1) is 22.6. The van der Waals surface area contributed by atoms with Gasteiger partial charge >= 0.3 is 0 Å². The second-order valence-electron chi connectivity index (χ2n) is 6.91. The van der Waals surface area contributed by atoms with Crippen LogP contribution in [0.15, 0.2) is 84.4 Å². The van der Waals surface area contributed by atoms with E-state index in [0.717, 1.165) is 42.9 Å². The van der Waals surface area contributed by atoms with Crippen molar-refractivity contribution in [2.45, 2.75) is 59.8 Å². The summed E-state index contributed by atoms with van der Waals surface area (Å²) in [7, 11) is 0. The Balaban J connectivity index is 2.54. The molecule has 0 spiro atoms. The number of hydrogen-bond acceptors (Lipinski definition) is 2. The Hall–Kier alpha value is -2.48. The molecule has 2 nitrogen and oxygen atoms in total. The second-order valence-corrected chi connectivity index (χ2v) is 6.91. The maximum atomic E-state index is 4.12. The van der Waals surface area contributed by atoms with E-state index in [1.54, 1.807) is 0 Å². The van der Waals surface area contributed by atoms with Crippen LogP contribution in [0, 0.1) is 0 Å². The van der Waals surface area contributed by atoms with Crippen LogP contribution in [0.1, 0.15) is 58.9 Å². The van der Waals surface area contributed by atoms with E-state index in [-0.39, 0.29) is 0 Å². The Morgan fingerprint density at radius 2 is 1.93 bits per heavy atom. The number of allylic oxidation sites excluding steroid dienone is 7. The number of anilines is 1. The molecule has 0 aromatic heterocycles. The first-order valence-electron chi connectivity index (χ1n) is 9.91. The number of rotatable bonds is 12. The summed E-state index contributed by atoms with van der Waals surface area (Å²) in [5, 5.41) is 6.62. The predicted octanol–water partition coefficient (Wildman–Crippen LogP) is 7.26. The summed E-state index contributed by atoms with van der Waals surface area (Å²) in [5.41, 5.74) is 6.03. The Bertz CT molecular complexity index is 705. The van der Waals surface area contributed by atoms with E-state index >= 15 is 0 Å². The molecule has 2 heteroatoms. The topological polar surface area (TPSA) is 24.1 Å². The number of benzene rings is 1. The molecule has 0 aliphatic rings. The van der Waals surface area contributed by atoms with Crippen LogP contribution in [-0.4, -0.2) is 0 Å². The summed E-state index contributed by atoms with van der Waals surface area (Å²) < 4.78 is 0. The summed E-state index contributed by atoms with van der Waals surface area (Å²) in [5.74, 6) is 0.757. The summed E-state index contributed by atoms with van der Waals surface area (Å²) in [4.78, 5) is 0. The van der Waals surface area contributed by atoms with Crippen LogP contribution >= 0.6 is 0 Å². The van der Waals surface area contributed by atoms with Crippen LogP contribution in [-0.2, 0) is 6.42 Å². The highest BCUT2D eigenvalue weighted by Crippen LogP contribution is 2.17. The van der Waals surface area contributed by atoms with Gasteiger partial charge in [0.05, 0.1) is 5.82 Å². The van der Waals surface area contributed by atoms with Crippen LogP contribution in [0.25, 0.3) is 0 Å². The van der Waals surface area contributed by atoms with Crippen LogP contribution in [0.2, 0.25) is 0 Å². The quantitative estimate of drug-likeness (QED) is 0.301. The van der Waals surface area contributed by atoms with Crippen molar-refractivity contribution in [1.82, 2.24) is 5.32 Å². The molecule has 0 atom stereocenters. The van der Waals surface area contributed by atoms with E-state index in [2.05, 4.69) is 93.1 Å². The lowest BCUT2D eigenvalue weighted by Gasteiger charge is -2.15. The van der Waals surface area contributed by atoms with Crippen molar-refractivity contribution in [2.24, 2.45) is 0 Å². The van der Waals surface area contributed by atoms with Crippen molar-refractivity contribution < 1.29 is 0 Å². The molecule has 0 bridgehead atoms.